The molecule has 0 bridgehead atoms. The molecule has 0 radical (unpaired) electrons. The summed E-state index contributed by atoms with van der Waals surface area (Å²) in [5.41, 5.74) is 6.79. The number of aliphatic hydroxyl groups excluding tert-OH is 1. The lowest BCUT2D eigenvalue weighted by Crippen LogP contribution is -2.96. The van der Waals surface area contributed by atoms with Crippen molar-refractivity contribution in [2.45, 2.75) is 132 Å². The molecule has 8 aliphatic rings. The zero-order valence-corrected chi connectivity index (χ0v) is 35.1. The van der Waals surface area contributed by atoms with Gasteiger partial charge in [-0.1, -0.05) is 39.3 Å². The Labute approximate surface area is 339 Å². The van der Waals surface area contributed by atoms with E-state index in [1.54, 1.807) is 13.0 Å². The van der Waals surface area contributed by atoms with Crippen LogP contribution in [0.4, 0.5) is 0 Å². The van der Waals surface area contributed by atoms with Gasteiger partial charge in [-0.2, -0.15) is 0 Å². The number of allylic oxidation sites excluding steroid dienone is 1. The van der Waals surface area contributed by atoms with Gasteiger partial charge in [-0.25, -0.2) is 4.79 Å². The maximum atomic E-state index is 14.5. The van der Waals surface area contributed by atoms with E-state index in [9.17, 15) is 24.3 Å². The van der Waals surface area contributed by atoms with E-state index in [4.69, 9.17) is 19.9 Å². The van der Waals surface area contributed by atoms with Gasteiger partial charge in [0.25, 0.3) is 0 Å². The van der Waals surface area contributed by atoms with E-state index in [1.165, 1.54) is 5.57 Å². The van der Waals surface area contributed by atoms with Crippen LogP contribution in [0.5, 0.6) is 0 Å². The highest BCUT2D eigenvalue weighted by molar-refractivity contribution is 8.77. The highest BCUT2D eigenvalue weighted by Gasteiger charge is 2.68. The van der Waals surface area contributed by atoms with Crippen molar-refractivity contribution in [1.82, 2.24) is 4.90 Å². The molecule has 7 fully saturated rings. The second-order valence-electron chi connectivity index (χ2n) is 18.6. The number of hydrogen-bond acceptors (Lipinski definition) is 11. The van der Waals surface area contributed by atoms with Crippen molar-refractivity contribution in [2.75, 3.05) is 32.5 Å². The maximum absolute atomic E-state index is 14.5. The molecule has 1 spiro atoms. The van der Waals surface area contributed by atoms with Gasteiger partial charge >= 0.3 is 11.9 Å². The molecule has 16 atom stereocenters. The maximum Gasteiger partial charge on any atom is 0.334 e. The molecule has 3 aliphatic carbocycles. The normalized spacial score (nSPS) is 46.3. The van der Waals surface area contributed by atoms with Gasteiger partial charge in [0, 0.05) is 67.2 Å². The third-order valence-electron chi connectivity index (χ3n) is 15.7. The minimum absolute atomic E-state index is 0.0230. The van der Waals surface area contributed by atoms with Crippen LogP contribution < -0.4 is 16.4 Å². The summed E-state index contributed by atoms with van der Waals surface area (Å²) in [4.78, 5) is 56.0. The number of nitrogens with zero attached hydrogens (tertiary/aromatic N) is 1. The first-order valence-electron chi connectivity index (χ1n) is 21.4. The van der Waals surface area contributed by atoms with E-state index in [2.05, 4.69) is 35.6 Å². The second-order valence-corrected chi connectivity index (χ2v) is 21.2. The van der Waals surface area contributed by atoms with Crippen LogP contribution in [0.3, 0.4) is 0 Å². The molecule has 2 saturated carbocycles. The van der Waals surface area contributed by atoms with Crippen molar-refractivity contribution in [3.05, 3.63) is 23.3 Å². The van der Waals surface area contributed by atoms with Crippen molar-refractivity contribution in [3.8, 4) is 0 Å². The fourth-order valence-corrected chi connectivity index (χ4v) is 15.9. The number of ether oxygens (including phenoxy) is 3. The summed E-state index contributed by atoms with van der Waals surface area (Å²) in [6.45, 7) is 7.20. The molecule has 12 nitrogen and oxygen atoms in total. The molecule has 0 aromatic rings. The number of aliphatic hydroxyl groups is 1. The van der Waals surface area contributed by atoms with E-state index in [0.717, 1.165) is 37.8 Å². The number of amides is 1. The van der Waals surface area contributed by atoms with Crippen molar-refractivity contribution >= 4 is 45.7 Å². The standard InChI is InChI=1S/C42H62N4O8S2/c1-5-22(2)39(50)54-41(3)9-8-24-21-55-56-33-13-28(20-48)37(44-4)30-19-46(38(30)33)35(49)14-27-18-45-34(43)15-29(27)36(24)42(41)17-26-12-25-11-23(7-6-10-47)40(51)52-31(25)16-32(26)53-42/h5,8,20,23,25-34,36-38,44-45,47H,6-7,9-19,21,43H2,1-4H3/p+2/t23?,25?,26?,27?,28-,29?,30+,31?,32?,33+,34?,36-,37-,38-,41+,42+/m1/s1. The predicted molar refractivity (Wildman–Crippen MR) is 212 cm³/mol. The van der Waals surface area contributed by atoms with E-state index < -0.39 is 11.2 Å². The highest BCUT2D eigenvalue weighted by atomic mass is 33.1. The summed E-state index contributed by atoms with van der Waals surface area (Å²) in [6, 6.07) is 0.330. The van der Waals surface area contributed by atoms with Crippen molar-refractivity contribution in [2.24, 2.45) is 53.1 Å². The molecule has 8 unspecified atom stereocenters. The smallest absolute Gasteiger partial charge is 0.334 e. The van der Waals surface area contributed by atoms with Crippen LogP contribution in [0.15, 0.2) is 23.3 Å². The number of carbonyl (C=O) groups excluding carboxylic acids is 4. The third-order valence-corrected chi connectivity index (χ3v) is 18.5. The number of aldehydes is 1. The Morgan fingerprint density at radius 3 is 2.73 bits per heavy atom. The Hall–Kier alpha value is -1.94. The van der Waals surface area contributed by atoms with Gasteiger partial charge in [-0.3, -0.25) is 15.3 Å². The minimum atomic E-state index is -0.998. The summed E-state index contributed by atoms with van der Waals surface area (Å²) < 4.78 is 20.5. The van der Waals surface area contributed by atoms with Gasteiger partial charge in [0.05, 0.1) is 43.5 Å². The minimum Gasteiger partial charge on any atom is -0.462 e. The van der Waals surface area contributed by atoms with Gasteiger partial charge in [-0.15, -0.1) is 0 Å². The zero-order valence-electron chi connectivity index (χ0n) is 33.5. The number of hydrogen-bond donors (Lipinski definition) is 4. The van der Waals surface area contributed by atoms with Crippen LogP contribution in [-0.4, -0.2) is 114 Å². The third kappa shape index (κ3) is 7.02. The second kappa shape index (κ2) is 16.3. The number of nitrogens with two attached hydrogens (primary N) is 3. The number of rotatable bonds is 7. The number of fused-ring (bicyclic) bond motifs is 6. The fourth-order valence-electron chi connectivity index (χ4n) is 12.7. The topological polar surface area (TPSA) is 179 Å². The summed E-state index contributed by atoms with van der Waals surface area (Å²) in [7, 11) is 5.74. The van der Waals surface area contributed by atoms with E-state index in [0.29, 0.717) is 63.0 Å². The average molecular weight is 817 g/mol. The Morgan fingerprint density at radius 1 is 1.16 bits per heavy atom. The molecule has 1 amide bonds. The average Bonchev–Trinajstić information content (AvgIpc) is 3.53. The number of esters is 2. The van der Waals surface area contributed by atoms with Crippen molar-refractivity contribution < 1.29 is 49.1 Å². The summed E-state index contributed by atoms with van der Waals surface area (Å²) in [5, 5.41) is 14.0. The van der Waals surface area contributed by atoms with Crippen molar-refractivity contribution in [1.29, 1.82) is 0 Å². The van der Waals surface area contributed by atoms with E-state index in [1.807, 2.05) is 28.5 Å². The Bertz CT molecular complexity index is 1610. The Kier molecular flexibility index (Phi) is 11.8. The van der Waals surface area contributed by atoms with Gasteiger partial charge < -0.3 is 39.6 Å². The predicted octanol–water partition coefficient (Wildman–Crippen LogP) is 1.70. The molecule has 310 valence electrons. The fraction of sp³-hybridized carbons (Fsp3) is 0.810. The van der Waals surface area contributed by atoms with Crippen LogP contribution in [0.1, 0.15) is 85.0 Å². The molecule has 7 N–H and O–H groups in total. The molecule has 56 heavy (non-hydrogen) atoms. The molecule has 5 aliphatic heterocycles. The van der Waals surface area contributed by atoms with Gasteiger partial charge in [0.15, 0.2) is 0 Å². The van der Waals surface area contributed by atoms with Gasteiger partial charge in [0.1, 0.15) is 35.8 Å². The monoisotopic (exact) mass is 816 g/mol. The first-order chi connectivity index (χ1) is 26.9. The quantitative estimate of drug-likeness (QED) is 0.0968. The molecular weight excluding hydrogens is 753 g/mol. The summed E-state index contributed by atoms with van der Waals surface area (Å²) in [5.74, 6) is 0.826. The number of quaternary nitrogens is 2. The van der Waals surface area contributed by atoms with E-state index in [-0.39, 0.29) is 102 Å². The highest BCUT2D eigenvalue weighted by Crippen LogP contribution is 2.62. The zero-order chi connectivity index (χ0) is 39.5. The van der Waals surface area contributed by atoms with Crippen LogP contribution in [0.2, 0.25) is 0 Å². The first kappa shape index (κ1) is 40.8. The van der Waals surface area contributed by atoms with Crippen LogP contribution in [-0.2, 0) is 33.4 Å². The van der Waals surface area contributed by atoms with Crippen LogP contribution >= 0.6 is 21.6 Å². The molecule has 0 aromatic heterocycles. The lowest BCUT2D eigenvalue weighted by atomic mass is 9.56. The molecule has 14 heteroatoms. The van der Waals surface area contributed by atoms with Gasteiger partial charge in [0.2, 0.25) is 5.91 Å². The van der Waals surface area contributed by atoms with Crippen LogP contribution in [0.25, 0.3) is 0 Å². The Balaban J connectivity index is 1.17. The van der Waals surface area contributed by atoms with Crippen LogP contribution in [0, 0.1) is 47.3 Å². The van der Waals surface area contributed by atoms with Crippen molar-refractivity contribution in [3.63, 3.8) is 0 Å². The number of carbonyl (C=O) groups is 4. The van der Waals surface area contributed by atoms with E-state index >= 15 is 0 Å². The first-order valence-corrected chi connectivity index (χ1v) is 23.8. The summed E-state index contributed by atoms with van der Waals surface area (Å²) in [6.07, 6.45) is 11.3. The molecule has 8 rings (SSSR count). The molecule has 0 aromatic carbocycles. The SMILES string of the molecule is CC=C(C)C(=O)O[C@@]1(C)CC=C2CSS[C@H]3C[C@H](C=O)[C@@H]([NH2+]C)[C@@H]4CN(C(=O)CC5C[NH2+]C(N)CC5[C@@H]2[C@@]12CC1CC5CC(CCCO)C(=O)OC5CC1O2)[C@H]43. The summed E-state index contributed by atoms with van der Waals surface area (Å²) >= 11 is 0. The molecular formula is C42H64N4O8S2+2. The van der Waals surface area contributed by atoms with Gasteiger partial charge in [-0.05, 0) is 77.0 Å². The number of piperidine rings is 1. The largest absolute Gasteiger partial charge is 0.462 e. The molecule has 5 heterocycles. The lowest BCUT2D eigenvalue weighted by Gasteiger charge is -2.58. The molecule has 5 saturated heterocycles. The Morgan fingerprint density at radius 2 is 1.98 bits per heavy atom. The lowest BCUT2D eigenvalue weighted by molar-refractivity contribution is -0.706.